The Morgan fingerprint density at radius 2 is 2.04 bits per heavy atom. The number of halogens is 1. The summed E-state index contributed by atoms with van der Waals surface area (Å²) < 4.78 is 7.34. The summed E-state index contributed by atoms with van der Waals surface area (Å²) in [7, 11) is 0. The minimum Gasteiger partial charge on any atom is -0.375 e. The number of nitrogens with zero attached hydrogens (tertiary/aromatic N) is 1. The van der Waals surface area contributed by atoms with Crippen LogP contribution in [0.15, 0.2) is 42.5 Å². The zero-order valence-corrected chi connectivity index (χ0v) is 15.0. The highest BCUT2D eigenvalue weighted by Gasteiger charge is 2.48. The van der Waals surface area contributed by atoms with Gasteiger partial charge in [0.15, 0.2) is 0 Å². The maximum atomic E-state index is 9.02. The van der Waals surface area contributed by atoms with Crippen molar-refractivity contribution < 1.29 is 4.74 Å². The molecule has 2 aliphatic rings. The van der Waals surface area contributed by atoms with Crippen molar-refractivity contribution in [3.63, 3.8) is 0 Å². The number of ether oxygens (including phenoxy) is 1. The van der Waals surface area contributed by atoms with E-state index in [-0.39, 0.29) is 11.6 Å². The van der Waals surface area contributed by atoms with Gasteiger partial charge in [-0.2, -0.15) is 5.26 Å². The lowest BCUT2D eigenvalue weighted by Gasteiger charge is -2.45. The van der Waals surface area contributed by atoms with E-state index >= 15 is 0 Å². The van der Waals surface area contributed by atoms with Crippen LogP contribution in [0, 0.1) is 20.8 Å². The normalized spacial score (nSPS) is 28.4. The summed E-state index contributed by atoms with van der Waals surface area (Å²) in [5, 5.41) is 12.8. The largest absolute Gasteiger partial charge is 0.375 e. The van der Waals surface area contributed by atoms with Crippen LogP contribution in [-0.4, -0.2) is 6.61 Å². The molecule has 2 aromatic carbocycles. The highest BCUT2D eigenvalue weighted by Crippen LogP contribution is 2.53. The summed E-state index contributed by atoms with van der Waals surface area (Å²) in [6.45, 7) is 3.05. The molecule has 3 atom stereocenters. The zero-order valence-electron chi connectivity index (χ0n) is 12.8. The average Bonchev–Trinajstić information content (AvgIpc) is 3.07. The Kier molecular flexibility index (Phi) is 3.58. The van der Waals surface area contributed by atoms with Gasteiger partial charge in [-0.15, -0.1) is 0 Å². The molecule has 2 heterocycles. The van der Waals surface area contributed by atoms with Crippen LogP contribution in [0.2, 0.25) is 0 Å². The quantitative estimate of drug-likeness (QED) is 0.693. The molecule has 0 unspecified atom stereocenters. The van der Waals surface area contributed by atoms with E-state index in [2.05, 4.69) is 71.2 Å². The fourth-order valence-electron chi connectivity index (χ4n) is 3.92. The molecule has 1 saturated heterocycles. The van der Waals surface area contributed by atoms with Gasteiger partial charge in [0.1, 0.15) is 0 Å². The van der Waals surface area contributed by atoms with Crippen LogP contribution in [0.25, 0.3) is 0 Å². The van der Waals surface area contributed by atoms with Gasteiger partial charge in [0.05, 0.1) is 23.3 Å². The first-order valence-corrected chi connectivity index (χ1v) is 8.89. The van der Waals surface area contributed by atoms with E-state index in [1.165, 1.54) is 14.7 Å². The van der Waals surface area contributed by atoms with Gasteiger partial charge in [-0.1, -0.05) is 12.1 Å². The van der Waals surface area contributed by atoms with Crippen LogP contribution in [0.5, 0.6) is 0 Å². The van der Waals surface area contributed by atoms with E-state index in [0.717, 1.165) is 18.7 Å². The van der Waals surface area contributed by atoms with Gasteiger partial charge in [0.2, 0.25) is 0 Å². The number of benzene rings is 2. The third-order valence-corrected chi connectivity index (χ3v) is 5.83. The molecule has 0 aromatic heterocycles. The first-order chi connectivity index (χ1) is 11.1. The molecule has 0 amide bonds. The number of hydrogen-bond acceptors (Lipinski definition) is 3. The Hall–Kier alpha value is -1.58. The van der Waals surface area contributed by atoms with Crippen molar-refractivity contribution in [2.75, 3.05) is 11.9 Å². The molecule has 2 aromatic rings. The van der Waals surface area contributed by atoms with E-state index in [1.54, 1.807) is 0 Å². The Balaban J connectivity index is 1.82. The second kappa shape index (κ2) is 5.50. The highest BCUT2D eigenvalue weighted by atomic mass is 127. The molecule has 116 valence electrons. The average molecular weight is 416 g/mol. The summed E-state index contributed by atoms with van der Waals surface area (Å²) in [4.78, 5) is 0. The third-order valence-electron chi connectivity index (χ3n) is 5.16. The van der Waals surface area contributed by atoms with E-state index in [4.69, 9.17) is 10.00 Å². The van der Waals surface area contributed by atoms with Crippen molar-refractivity contribution in [2.24, 2.45) is 5.92 Å². The lowest BCUT2D eigenvalue weighted by Crippen LogP contribution is -2.44. The molecule has 4 heteroatoms. The molecule has 0 aliphatic carbocycles. The van der Waals surface area contributed by atoms with Gasteiger partial charge in [-0.3, -0.25) is 0 Å². The standard InChI is InChI=1S/C19H17IN2O/c1-19(13-4-2-12(11-21)3-5-13)16-8-9-23-18(16)15-10-14(20)6-7-17(15)22-19/h2-7,10,16,18,22H,8-9H2,1H3/t16-,18+,19+/m0/s1. The lowest BCUT2D eigenvalue weighted by atomic mass is 9.71. The van der Waals surface area contributed by atoms with Gasteiger partial charge in [0.25, 0.3) is 0 Å². The van der Waals surface area contributed by atoms with Gasteiger partial charge >= 0.3 is 0 Å². The molecule has 0 bridgehead atoms. The van der Waals surface area contributed by atoms with Crippen LogP contribution in [-0.2, 0) is 10.3 Å². The first kappa shape index (κ1) is 15.0. The molecule has 0 saturated carbocycles. The van der Waals surface area contributed by atoms with Crippen molar-refractivity contribution in [3.8, 4) is 6.07 Å². The molecule has 3 nitrogen and oxygen atoms in total. The summed E-state index contributed by atoms with van der Waals surface area (Å²) in [5.41, 5.74) is 4.14. The van der Waals surface area contributed by atoms with Gasteiger partial charge < -0.3 is 10.1 Å². The fraction of sp³-hybridized carbons (Fsp3) is 0.316. The van der Waals surface area contributed by atoms with Crippen LogP contribution in [0.4, 0.5) is 5.69 Å². The number of rotatable bonds is 1. The number of anilines is 1. The van der Waals surface area contributed by atoms with E-state index in [1.807, 2.05) is 12.1 Å². The zero-order chi connectivity index (χ0) is 16.0. The first-order valence-electron chi connectivity index (χ1n) is 7.82. The molecular weight excluding hydrogens is 399 g/mol. The maximum absolute atomic E-state index is 9.02. The lowest BCUT2D eigenvalue weighted by molar-refractivity contribution is 0.0685. The second-order valence-corrected chi connectivity index (χ2v) is 7.68. The van der Waals surface area contributed by atoms with Crippen molar-refractivity contribution in [1.29, 1.82) is 5.26 Å². The maximum Gasteiger partial charge on any atom is 0.0991 e. The predicted molar refractivity (Wildman–Crippen MR) is 98.1 cm³/mol. The minimum absolute atomic E-state index is 0.140. The van der Waals surface area contributed by atoms with Gasteiger partial charge in [-0.25, -0.2) is 0 Å². The highest BCUT2D eigenvalue weighted by molar-refractivity contribution is 14.1. The topological polar surface area (TPSA) is 45.0 Å². The summed E-state index contributed by atoms with van der Waals surface area (Å²) in [6.07, 6.45) is 1.18. The Morgan fingerprint density at radius 1 is 1.26 bits per heavy atom. The number of nitrogens with one attached hydrogen (secondary N) is 1. The van der Waals surface area contributed by atoms with E-state index < -0.39 is 0 Å². The predicted octanol–water partition coefficient (Wildman–Crippen LogP) is 4.58. The molecule has 1 N–H and O–H groups in total. The van der Waals surface area contributed by atoms with Crippen LogP contribution >= 0.6 is 22.6 Å². The summed E-state index contributed by atoms with van der Waals surface area (Å²) in [6, 6.07) is 16.6. The number of hydrogen-bond donors (Lipinski definition) is 1. The smallest absolute Gasteiger partial charge is 0.0991 e. The Morgan fingerprint density at radius 3 is 2.78 bits per heavy atom. The Labute approximate surface area is 149 Å². The molecular formula is C19H17IN2O. The monoisotopic (exact) mass is 416 g/mol. The summed E-state index contributed by atoms with van der Waals surface area (Å²) >= 11 is 2.35. The van der Waals surface area contributed by atoms with Crippen molar-refractivity contribution in [2.45, 2.75) is 25.0 Å². The molecule has 2 aliphatic heterocycles. The third kappa shape index (κ3) is 2.34. The van der Waals surface area contributed by atoms with Gasteiger partial charge in [-0.05, 0) is 71.8 Å². The Bertz CT molecular complexity index is 796. The SMILES string of the molecule is C[C@]1(c2ccc(C#N)cc2)Nc2ccc(I)cc2[C@H]2OCC[C@@H]21. The minimum atomic E-state index is -0.186. The second-order valence-electron chi connectivity index (χ2n) is 6.43. The van der Waals surface area contributed by atoms with Crippen LogP contribution in [0.3, 0.4) is 0 Å². The van der Waals surface area contributed by atoms with E-state index in [0.29, 0.717) is 11.5 Å². The van der Waals surface area contributed by atoms with E-state index in [9.17, 15) is 0 Å². The van der Waals surface area contributed by atoms with Crippen molar-refractivity contribution in [1.82, 2.24) is 0 Å². The molecule has 1 fully saturated rings. The fourth-order valence-corrected chi connectivity index (χ4v) is 4.44. The van der Waals surface area contributed by atoms with Crippen LogP contribution < -0.4 is 5.32 Å². The van der Waals surface area contributed by atoms with Crippen molar-refractivity contribution >= 4 is 28.3 Å². The molecule has 0 radical (unpaired) electrons. The number of nitriles is 1. The summed E-state index contributed by atoms with van der Waals surface area (Å²) in [5.74, 6) is 0.390. The molecule has 4 rings (SSSR count). The van der Waals surface area contributed by atoms with Crippen LogP contribution in [0.1, 0.15) is 36.1 Å². The van der Waals surface area contributed by atoms with Crippen molar-refractivity contribution in [3.05, 3.63) is 62.7 Å². The molecule has 23 heavy (non-hydrogen) atoms. The number of fused-ring (bicyclic) bond motifs is 3. The van der Waals surface area contributed by atoms with Gasteiger partial charge in [0, 0.05) is 27.3 Å². The molecule has 0 spiro atoms.